The van der Waals surface area contributed by atoms with Gasteiger partial charge in [-0.3, -0.25) is 9.59 Å². The van der Waals surface area contributed by atoms with E-state index >= 15 is 0 Å². The second-order valence-electron chi connectivity index (χ2n) is 11.3. The largest absolute Gasteiger partial charge is 0.377 e. The first-order chi connectivity index (χ1) is 17.3. The van der Waals surface area contributed by atoms with Crippen LogP contribution in [-0.4, -0.2) is 88.5 Å². The summed E-state index contributed by atoms with van der Waals surface area (Å²) in [6.45, 7) is 0. The zero-order valence-corrected chi connectivity index (χ0v) is 22.3. The van der Waals surface area contributed by atoms with Crippen molar-refractivity contribution < 1.29 is 9.59 Å². The number of nitrogens with zero attached hydrogens (tertiary/aromatic N) is 6. The van der Waals surface area contributed by atoms with Crippen LogP contribution in [-0.2, 0) is 17.2 Å². The summed E-state index contributed by atoms with van der Waals surface area (Å²) in [7, 11) is 13.7. The number of benzene rings is 1. The highest BCUT2D eigenvalue weighted by Crippen LogP contribution is 2.47. The molecule has 0 atom stereocenters. The highest BCUT2D eigenvalue weighted by Gasteiger charge is 2.40. The van der Waals surface area contributed by atoms with Crippen molar-refractivity contribution in [2.75, 3.05) is 22.6 Å². The zero-order chi connectivity index (χ0) is 26.7. The second-order valence-corrected chi connectivity index (χ2v) is 11.3. The zero-order valence-electron chi connectivity index (χ0n) is 22.3. The highest BCUT2D eigenvalue weighted by molar-refractivity contribution is 6.60. The number of fused-ring (bicyclic) bond motifs is 3. The molecule has 3 N–H and O–H groups in total. The maximum Gasteiger partial charge on any atom is 0.272 e. The van der Waals surface area contributed by atoms with E-state index in [1.54, 1.807) is 10.9 Å². The molecular formula is C21H28B5N9O2. The second kappa shape index (κ2) is 8.71. The Kier molecular flexibility index (Phi) is 5.88. The Labute approximate surface area is 220 Å². The van der Waals surface area contributed by atoms with Gasteiger partial charge >= 0.3 is 0 Å². The lowest BCUT2D eigenvalue weighted by atomic mass is 9.49. The van der Waals surface area contributed by atoms with Crippen molar-refractivity contribution in [3.63, 3.8) is 0 Å². The lowest BCUT2D eigenvalue weighted by molar-refractivity contribution is -0.117. The van der Waals surface area contributed by atoms with Crippen molar-refractivity contribution in [2.45, 2.75) is 23.4 Å². The van der Waals surface area contributed by atoms with Crippen molar-refractivity contribution in [1.29, 1.82) is 0 Å². The van der Waals surface area contributed by atoms with E-state index in [0.717, 1.165) is 41.2 Å². The molecule has 0 radical (unpaired) electrons. The predicted octanol–water partition coefficient (Wildman–Crippen LogP) is -3.57. The third-order valence-electron chi connectivity index (χ3n) is 6.72. The van der Waals surface area contributed by atoms with Gasteiger partial charge < -0.3 is 20.9 Å². The average Bonchev–Trinajstić information content (AvgIpc) is 3.58. The van der Waals surface area contributed by atoms with Crippen LogP contribution in [0.15, 0.2) is 24.3 Å². The van der Waals surface area contributed by atoms with Gasteiger partial charge in [-0.05, 0) is 24.1 Å². The molecule has 0 unspecified atom stereocenters. The van der Waals surface area contributed by atoms with Crippen LogP contribution in [0.1, 0.15) is 29.0 Å². The third kappa shape index (κ3) is 4.72. The predicted molar refractivity (Wildman–Crippen MR) is 156 cm³/mol. The minimum atomic E-state index is -0.465. The van der Waals surface area contributed by atoms with Crippen LogP contribution in [0.2, 0.25) is 0 Å². The first-order valence-electron chi connectivity index (χ1n) is 12.4. The minimum absolute atomic E-state index is 0.0141. The van der Waals surface area contributed by atoms with Gasteiger partial charge in [-0.15, -0.1) is 10.2 Å². The van der Waals surface area contributed by atoms with E-state index in [0.29, 0.717) is 11.5 Å². The number of carbonyl (C=O) groups is 2. The minimum Gasteiger partial charge on any atom is -0.377 e. The Balaban J connectivity index is 1.59. The number of hydrogen-bond donors (Lipinski definition) is 3. The number of hydrogen-bond acceptors (Lipinski definition) is 8. The van der Waals surface area contributed by atoms with Gasteiger partial charge in [0, 0.05) is 37.0 Å². The van der Waals surface area contributed by atoms with Gasteiger partial charge in [-0.25, -0.2) is 0 Å². The lowest BCUT2D eigenvalue weighted by Gasteiger charge is -2.42. The van der Waals surface area contributed by atoms with E-state index in [2.05, 4.69) is 56.9 Å². The van der Waals surface area contributed by atoms with Gasteiger partial charge in [-0.2, -0.15) is 15.0 Å². The Bertz CT molecular complexity index is 1420. The fourth-order valence-corrected chi connectivity index (χ4v) is 4.47. The van der Waals surface area contributed by atoms with Crippen LogP contribution in [0.25, 0.3) is 11.3 Å². The van der Waals surface area contributed by atoms with Crippen LogP contribution in [0, 0.1) is 5.92 Å². The Hall–Kier alpha value is -3.70. The summed E-state index contributed by atoms with van der Waals surface area (Å²) in [6.07, 6.45) is 1.75. The van der Waals surface area contributed by atoms with Crippen LogP contribution in [0.4, 0.5) is 22.9 Å². The molecule has 2 aromatic heterocycles. The number of amides is 2. The van der Waals surface area contributed by atoms with E-state index in [1.807, 2.05) is 55.8 Å². The Morgan fingerprint density at radius 2 is 1.81 bits per heavy atom. The first kappa shape index (κ1) is 25.0. The number of aryl methyl sites for hydroxylation is 1. The standard InChI is InChI=1S/C21H28B5N9O2/c1-34-16-10(14-17(20(34,22)23)33-35(2)32-14)4-3-5-11(16)27-12-8-13(28-18(36)9-6-7-9)30-31-15(12)19(37)29-21(24,25)26/h3-5,8-9H,6-7,22-26H2,1-2H3,(H,29,37)(H2,27,28,30,36). The number of carbonyl (C=O) groups excluding carboxylic acids is 2. The van der Waals surface area contributed by atoms with Crippen LogP contribution >= 0.6 is 0 Å². The molecule has 2 amide bonds. The first-order valence-corrected chi connectivity index (χ1v) is 12.4. The average molecular weight is 493 g/mol. The third-order valence-corrected chi connectivity index (χ3v) is 6.72. The molecule has 2 aliphatic rings. The molecule has 0 saturated heterocycles. The molecule has 0 bridgehead atoms. The number of para-hydroxylation sites is 1. The molecule has 1 fully saturated rings. The summed E-state index contributed by atoms with van der Waals surface area (Å²) in [6, 6.07) is 7.55. The van der Waals surface area contributed by atoms with E-state index in [9.17, 15) is 9.59 Å². The molecule has 184 valence electrons. The SMILES string of the molecule is BC(B)(B)NC(=O)c1nnc(NC(=O)C2CC2)cc1Nc1cccc2c1N(C)C(B)(B)c1nn(C)nc1-2. The van der Waals surface area contributed by atoms with Gasteiger partial charge in [0.05, 0.1) is 22.8 Å². The molecule has 11 nitrogen and oxygen atoms in total. The molecule has 1 saturated carbocycles. The summed E-state index contributed by atoms with van der Waals surface area (Å²) >= 11 is 0. The van der Waals surface area contributed by atoms with Crippen LogP contribution in [0.3, 0.4) is 0 Å². The van der Waals surface area contributed by atoms with Gasteiger partial charge in [0.1, 0.15) is 44.9 Å². The highest BCUT2D eigenvalue weighted by atomic mass is 16.2. The molecule has 37 heavy (non-hydrogen) atoms. The lowest BCUT2D eigenvalue weighted by Crippen LogP contribution is -2.50. The van der Waals surface area contributed by atoms with Crippen molar-refractivity contribution in [3.8, 4) is 11.3 Å². The van der Waals surface area contributed by atoms with Crippen molar-refractivity contribution in [3.05, 3.63) is 35.7 Å². The topological polar surface area (TPSA) is 130 Å². The number of anilines is 4. The van der Waals surface area contributed by atoms with Crippen molar-refractivity contribution >= 4 is 73.9 Å². The van der Waals surface area contributed by atoms with Gasteiger partial charge in [0.15, 0.2) is 11.5 Å². The Morgan fingerprint density at radius 1 is 1.08 bits per heavy atom. The van der Waals surface area contributed by atoms with E-state index < -0.39 is 10.6 Å². The van der Waals surface area contributed by atoms with E-state index in [4.69, 9.17) is 0 Å². The number of aromatic nitrogens is 5. The maximum atomic E-state index is 13.2. The van der Waals surface area contributed by atoms with E-state index in [1.165, 1.54) is 0 Å². The number of rotatable bonds is 6. The van der Waals surface area contributed by atoms with Crippen molar-refractivity contribution in [2.24, 2.45) is 13.0 Å². The fourth-order valence-electron chi connectivity index (χ4n) is 4.47. The Morgan fingerprint density at radius 3 is 2.49 bits per heavy atom. The van der Waals surface area contributed by atoms with Gasteiger partial charge in [0.25, 0.3) is 5.91 Å². The molecule has 1 aliphatic heterocycles. The maximum absolute atomic E-state index is 13.2. The summed E-state index contributed by atoms with van der Waals surface area (Å²) in [5.74, 6) is -0.139. The summed E-state index contributed by atoms with van der Waals surface area (Å²) in [4.78, 5) is 29.3. The summed E-state index contributed by atoms with van der Waals surface area (Å²) in [5, 5.41) is 25.9. The number of nitrogens with one attached hydrogen (secondary N) is 3. The smallest absolute Gasteiger partial charge is 0.272 e. The monoisotopic (exact) mass is 493 g/mol. The quantitative estimate of drug-likeness (QED) is 0.302. The molecule has 3 heterocycles. The van der Waals surface area contributed by atoms with E-state index in [-0.39, 0.29) is 23.4 Å². The molecule has 16 heteroatoms. The molecule has 1 aliphatic carbocycles. The normalized spacial score (nSPS) is 15.9. The summed E-state index contributed by atoms with van der Waals surface area (Å²) < 4.78 is 0. The van der Waals surface area contributed by atoms with Gasteiger partial charge in [0.2, 0.25) is 5.91 Å². The van der Waals surface area contributed by atoms with Crippen LogP contribution < -0.4 is 20.9 Å². The summed E-state index contributed by atoms with van der Waals surface area (Å²) in [5.41, 5.74) is 4.90. The molecule has 0 spiro atoms. The van der Waals surface area contributed by atoms with Gasteiger partial charge in [-0.1, -0.05) is 12.1 Å². The molecular weight excluding hydrogens is 464 g/mol. The fraction of sp³-hybridized carbons (Fsp3) is 0.333. The van der Waals surface area contributed by atoms with Crippen LogP contribution in [0.5, 0.6) is 0 Å². The van der Waals surface area contributed by atoms with Crippen molar-refractivity contribution in [1.82, 2.24) is 30.5 Å². The molecule has 1 aromatic carbocycles. The molecule has 3 aromatic rings. The molecule has 5 rings (SSSR count).